The molecule has 3 nitrogen and oxygen atoms in total. The number of likely N-dealkylation sites (tertiary alicyclic amines) is 1. The minimum atomic E-state index is -0.285. The van der Waals surface area contributed by atoms with Crippen LogP contribution in [-0.2, 0) is 4.79 Å². The molecular formula is C10H17NO2. The van der Waals surface area contributed by atoms with Crippen LogP contribution in [0.3, 0.4) is 0 Å². The maximum Gasteiger partial charge on any atom is 0.226 e. The molecule has 0 aromatic rings. The molecule has 0 aromatic heterocycles. The van der Waals surface area contributed by atoms with Gasteiger partial charge in [-0.3, -0.25) is 4.79 Å². The van der Waals surface area contributed by atoms with E-state index in [0.29, 0.717) is 12.5 Å². The van der Waals surface area contributed by atoms with Crippen LogP contribution in [0.25, 0.3) is 0 Å². The normalized spacial score (nSPS) is 38.9. The van der Waals surface area contributed by atoms with Crippen LogP contribution in [0.5, 0.6) is 0 Å². The van der Waals surface area contributed by atoms with E-state index in [4.69, 9.17) is 0 Å². The lowest BCUT2D eigenvalue weighted by Gasteiger charge is -2.30. The zero-order valence-electron chi connectivity index (χ0n) is 8.07. The molecule has 2 fully saturated rings. The molecule has 0 spiro atoms. The molecule has 1 saturated carbocycles. The minimum Gasteiger partial charge on any atom is -0.391 e. The van der Waals surface area contributed by atoms with Crippen LogP contribution in [0.4, 0.5) is 0 Å². The van der Waals surface area contributed by atoms with Crippen LogP contribution < -0.4 is 0 Å². The smallest absolute Gasteiger partial charge is 0.226 e. The molecule has 0 aromatic carbocycles. The van der Waals surface area contributed by atoms with E-state index in [1.165, 1.54) is 0 Å². The Bertz CT molecular complexity index is 217. The van der Waals surface area contributed by atoms with E-state index in [1.807, 2.05) is 4.90 Å². The number of hydrogen-bond donors (Lipinski definition) is 1. The van der Waals surface area contributed by atoms with E-state index in [9.17, 15) is 9.90 Å². The van der Waals surface area contributed by atoms with Gasteiger partial charge in [0.15, 0.2) is 0 Å². The zero-order chi connectivity index (χ0) is 9.42. The van der Waals surface area contributed by atoms with Crippen molar-refractivity contribution in [2.24, 2.45) is 11.8 Å². The Morgan fingerprint density at radius 3 is 2.77 bits per heavy atom. The monoisotopic (exact) mass is 183 g/mol. The largest absolute Gasteiger partial charge is 0.391 e. The van der Waals surface area contributed by atoms with Crippen molar-refractivity contribution in [3.63, 3.8) is 0 Å². The van der Waals surface area contributed by atoms with Gasteiger partial charge in [-0.25, -0.2) is 0 Å². The third-order valence-electron chi connectivity index (χ3n) is 3.13. The summed E-state index contributed by atoms with van der Waals surface area (Å²) >= 11 is 0. The first-order valence-corrected chi connectivity index (χ1v) is 5.15. The maximum atomic E-state index is 11.7. The van der Waals surface area contributed by atoms with Gasteiger partial charge in [0.25, 0.3) is 0 Å². The molecule has 3 atom stereocenters. The Morgan fingerprint density at radius 2 is 2.23 bits per heavy atom. The second kappa shape index (κ2) is 3.29. The SMILES string of the molecule is C[C@H]1C[C@@H]1C(=O)N1CCCC(O)C1. The van der Waals surface area contributed by atoms with Crippen molar-refractivity contribution >= 4 is 5.91 Å². The number of rotatable bonds is 1. The topological polar surface area (TPSA) is 40.5 Å². The lowest BCUT2D eigenvalue weighted by Crippen LogP contribution is -2.43. The van der Waals surface area contributed by atoms with Gasteiger partial charge >= 0.3 is 0 Å². The molecule has 74 valence electrons. The summed E-state index contributed by atoms with van der Waals surface area (Å²) in [5.41, 5.74) is 0. The van der Waals surface area contributed by atoms with Crippen LogP contribution in [0.15, 0.2) is 0 Å². The van der Waals surface area contributed by atoms with Gasteiger partial charge in [-0.15, -0.1) is 0 Å². The fourth-order valence-electron chi connectivity index (χ4n) is 2.06. The van der Waals surface area contributed by atoms with Gasteiger partial charge in [0.2, 0.25) is 5.91 Å². The highest BCUT2D eigenvalue weighted by Crippen LogP contribution is 2.39. The van der Waals surface area contributed by atoms with Crippen molar-refractivity contribution in [2.45, 2.75) is 32.3 Å². The summed E-state index contributed by atoms with van der Waals surface area (Å²) in [6, 6.07) is 0. The van der Waals surface area contributed by atoms with E-state index in [1.54, 1.807) is 0 Å². The standard InChI is InChI=1S/C10H17NO2/c1-7-5-9(7)10(13)11-4-2-3-8(12)6-11/h7-9,12H,2-6H2,1H3/t7-,8?,9-/m0/s1. The van der Waals surface area contributed by atoms with Gasteiger partial charge < -0.3 is 10.0 Å². The van der Waals surface area contributed by atoms with Crippen LogP contribution in [-0.4, -0.2) is 35.1 Å². The lowest BCUT2D eigenvalue weighted by atomic mass is 10.1. The molecule has 0 radical (unpaired) electrons. The second-order valence-corrected chi connectivity index (χ2v) is 4.40. The van der Waals surface area contributed by atoms with Gasteiger partial charge in [0, 0.05) is 19.0 Å². The second-order valence-electron chi connectivity index (χ2n) is 4.40. The maximum absolute atomic E-state index is 11.7. The Labute approximate surface area is 78.7 Å². The van der Waals surface area contributed by atoms with E-state index in [0.717, 1.165) is 25.8 Å². The van der Waals surface area contributed by atoms with Crippen molar-refractivity contribution in [1.82, 2.24) is 4.90 Å². The average molecular weight is 183 g/mol. The van der Waals surface area contributed by atoms with Gasteiger partial charge in [-0.1, -0.05) is 6.92 Å². The van der Waals surface area contributed by atoms with Crippen LogP contribution in [0.2, 0.25) is 0 Å². The Kier molecular flexibility index (Phi) is 2.28. The minimum absolute atomic E-state index is 0.269. The fourth-order valence-corrected chi connectivity index (χ4v) is 2.06. The molecule has 1 amide bonds. The first kappa shape index (κ1) is 9.00. The predicted octanol–water partition coefficient (Wildman–Crippen LogP) is 0.626. The highest BCUT2D eigenvalue weighted by Gasteiger charge is 2.42. The van der Waals surface area contributed by atoms with Gasteiger partial charge in [0.1, 0.15) is 0 Å². The first-order valence-electron chi connectivity index (χ1n) is 5.15. The lowest BCUT2D eigenvalue weighted by molar-refractivity contribution is -0.135. The van der Waals surface area contributed by atoms with E-state index < -0.39 is 0 Å². The summed E-state index contributed by atoms with van der Waals surface area (Å²) in [5.74, 6) is 1.11. The van der Waals surface area contributed by atoms with Crippen LogP contribution >= 0.6 is 0 Å². The molecule has 1 unspecified atom stereocenters. The molecule has 0 bridgehead atoms. The summed E-state index contributed by atoms with van der Waals surface area (Å²) in [6.07, 6.45) is 2.57. The third kappa shape index (κ3) is 1.85. The summed E-state index contributed by atoms with van der Waals surface area (Å²) < 4.78 is 0. The summed E-state index contributed by atoms with van der Waals surface area (Å²) in [6.45, 7) is 3.52. The Hall–Kier alpha value is -0.570. The average Bonchev–Trinajstić information content (AvgIpc) is 2.81. The molecule has 1 aliphatic heterocycles. The molecule has 2 aliphatic rings. The number of nitrogens with zero attached hydrogens (tertiary/aromatic N) is 1. The van der Waals surface area contributed by atoms with Gasteiger partial charge in [-0.2, -0.15) is 0 Å². The van der Waals surface area contributed by atoms with Crippen molar-refractivity contribution in [1.29, 1.82) is 0 Å². The Morgan fingerprint density at radius 1 is 1.54 bits per heavy atom. The molecule has 1 saturated heterocycles. The highest BCUT2D eigenvalue weighted by molar-refractivity contribution is 5.81. The van der Waals surface area contributed by atoms with Crippen LogP contribution in [0, 0.1) is 11.8 Å². The molecule has 3 heteroatoms. The van der Waals surface area contributed by atoms with E-state index in [-0.39, 0.29) is 17.9 Å². The number of aliphatic hydroxyl groups excluding tert-OH is 1. The number of hydrogen-bond acceptors (Lipinski definition) is 2. The summed E-state index contributed by atoms with van der Waals surface area (Å²) in [4.78, 5) is 13.6. The summed E-state index contributed by atoms with van der Waals surface area (Å²) in [5, 5.41) is 9.40. The summed E-state index contributed by atoms with van der Waals surface area (Å²) in [7, 11) is 0. The number of β-amino-alcohol motifs (C(OH)–C–C–N with tert-alkyl or cyclic N) is 1. The predicted molar refractivity (Wildman–Crippen MR) is 49.1 cm³/mol. The third-order valence-corrected chi connectivity index (χ3v) is 3.13. The number of aliphatic hydroxyl groups is 1. The quantitative estimate of drug-likeness (QED) is 0.647. The molecule has 2 rings (SSSR count). The number of piperidine rings is 1. The Balaban J connectivity index is 1.88. The zero-order valence-corrected chi connectivity index (χ0v) is 8.07. The van der Waals surface area contributed by atoms with Crippen molar-refractivity contribution in [3.8, 4) is 0 Å². The van der Waals surface area contributed by atoms with Crippen molar-refractivity contribution in [2.75, 3.05) is 13.1 Å². The fraction of sp³-hybridized carbons (Fsp3) is 0.900. The molecule has 1 aliphatic carbocycles. The van der Waals surface area contributed by atoms with Crippen molar-refractivity contribution in [3.05, 3.63) is 0 Å². The van der Waals surface area contributed by atoms with E-state index >= 15 is 0 Å². The molecule has 13 heavy (non-hydrogen) atoms. The van der Waals surface area contributed by atoms with Crippen LogP contribution in [0.1, 0.15) is 26.2 Å². The molecule has 1 heterocycles. The van der Waals surface area contributed by atoms with E-state index in [2.05, 4.69) is 6.92 Å². The van der Waals surface area contributed by atoms with Gasteiger partial charge in [0.05, 0.1) is 6.10 Å². The number of carbonyl (C=O) groups excluding carboxylic acids is 1. The molecular weight excluding hydrogens is 166 g/mol. The van der Waals surface area contributed by atoms with Crippen molar-refractivity contribution < 1.29 is 9.90 Å². The highest BCUT2D eigenvalue weighted by atomic mass is 16.3. The molecule has 1 N–H and O–H groups in total. The number of amides is 1. The van der Waals surface area contributed by atoms with Gasteiger partial charge in [-0.05, 0) is 25.2 Å². The number of carbonyl (C=O) groups is 1. The first-order chi connectivity index (χ1) is 6.18.